The average Bonchev–Trinajstić information content (AvgIpc) is 2.42. The largest absolute Gasteiger partial charge is 0.485 e. The lowest BCUT2D eigenvalue weighted by Gasteiger charge is -2.15. The third-order valence-electron chi connectivity index (χ3n) is 2.71. The van der Waals surface area contributed by atoms with Crippen LogP contribution in [-0.4, -0.2) is 41.7 Å². The molecule has 2 N–H and O–H groups in total. The Morgan fingerprint density at radius 3 is 2.81 bits per heavy atom. The van der Waals surface area contributed by atoms with E-state index in [0.29, 0.717) is 13.0 Å². The first kappa shape index (κ1) is 17.3. The molecule has 0 aliphatic carbocycles. The number of hydrogen-bond acceptors (Lipinski definition) is 4. The number of nitrogens with one attached hydrogen (secondary N) is 1. The summed E-state index contributed by atoms with van der Waals surface area (Å²) in [4.78, 5) is 15.9. The molecule has 0 fully saturated rings. The highest BCUT2D eigenvalue weighted by atomic mass is 19.3. The van der Waals surface area contributed by atoms with E-state index in [9.17, 15) is 18.7 Å². The van der Waals surface area contributed by atoms with Crippen molar-refractivity contribution in [2.45, 2.75) is 32.8 Å². The van der Waals surface area contributed by atoms with Gasteiger partial charge in [0.15, 0.2) is 11.4 Å². The molecule has 2 unspecified atom stereocenters. The summed E-state index contributed by atoms with van der Waals surface area (Å²) in [5.41, 5.74) is -0.0256. The highest BCUT2D eigenvalue weighted by molar-refractivity contribution is 5.94. The van der Waals surface area contributed by atoms with Gasteiger partial charge in [-0.05, 0) is 31.4 Å². The normalized spacial score (nSPS) is 13.8. The number of alkyl halides is 2. The van der Waals surface area contributed by atoms with E-state index in [4.69, 9.17) is 4.74 Å². The molecule has 0 radical (unpaired) electrons. The smallest absolute Gasteiger partial charge is 0.273 e. The fourth-order valence-electron chi connectivity index (χ4n) is 1.85. The van der Waals surface area contributed by atoms with Gasteiger partial charge in [0, 0.05) is 12.7 Å². The van der Waals surface area contributed by atoms with E-state index in [1.807, 2.05) is 6.92 Å². The number of carbonyl (C=O) groups excluding carboxylic acids is 1. The SMILES string of the molecule is CC(O)CC(C)CNC(=O)c1ncccc1OCC(F)F. The summed E-state index contributed by atoms with van der Waals surface area (Å²) in [6.45, 7) is 3.13. The van der Waals surface area contributed by atoms with Crippen LogP contribution in [0.25, 0.3) is 0 Å². The summed E-state index contributed by atoms with van der Waals surface area (Å²) in [5.74, 6) is -0.376. The van der Waals surface area contributed by atoms with Crippen LogP contribution in [0.1, 0.15) is 30.8 Å². The van der Waals surface area contributed by atoms with Crippen LogP contribution in [0.3, 0.4) is 0 Å². The van der Waals surface area contributed by atoms with Crippen molar-refractivity contribution in [3.05, 3.63) is 24.0 Å². The molecule has 7 heteroatoms. The third kappa shape index (κ3) is 6.48. The van der Waals surface area contributed by atoms with Crippen LogP contribution in [0, 0.1) is 5.92 Å². The van der Waals surface area contributed by atoms with Gasteiger partial charge in [0.05, 0.1) is 6.10 Å². The van der Waals surface area contributed by atoms with Gasteiger partial charge in [-0.3, -0.25) is 4.79 Å². The number of aliphatic hydroxyl groups is 1. The molecule has 0 aliphatic rings. The molecular formula is C14H20F2N2O3. The predicted octanol–water partition coefficient (Wildman–Crippen LogP) is 1.86. The average molecular weight is 302 g/mol. The minimum atomic E-state index is -2.62. The van der Waals surface area contributed by atoms with Crippen LogP contribution in [0.5, 0.6) is 5.75 Å². The lowest BCUT2D eigenvalue weighted by Crippen LogP contribution is -2.30. The van der Waals surface area contributed by atoms with Crippen LogP contribution in [-0.2, 0) is 0 Å². The Hall–Kier alpha value is -1.76. The number of aliphatic hydroxyl groups excluding tert-OH is 1. The van der Waals surface area contributed by atoms with E-state index in [-0.39, 0.29) is 17.4 Å². The van der Waals surface area contributed by atoms with Crippen molar-refractivity contribution in [3.8, 4) is 5.75 Å². The van der Waals surface area contributed by atoms with Gasteiger partial charge in [0.1, 0.15) is 6.61 Å². The molecule has 1 rings (SSSR count). The summed E-state index contributed by atoms with van der Waals surface area (Å²) in [6, 6.07) is 2.93. The third-order valence-corrected chi connectivity index (χ3v) is 2.71. The number of pyridine rings is 1. The summed E-state index contributed by atoms with van der Waals surface area (Å²) >= 11 is 0. The minimum absolute atomic E-state index is 0.0256. The van der Waals surface area contributed by atoms with Crippen molar-refractivity contribution in [1.82, 2.24) is 10.3 Å². The Bertz CT molecular complexity index is 456. The maximum absolute atomic E-state index is 12.2. The zero-order chi connectivity index (χ0) is 15.8. The van der Waals surface area contributed by atoms with Crippen molar-refractivity contribution < 1.29 is 23.4 Å². The van der Waals surface area contributed by atoms with E-state index >= 15 is 0 Å². The number of hydrogen-bond donors (Lipinski definition) is 2. The maximum atomic E-state index is 12.2. The van der Waals surface area contributed by atoms with E-state index in [0.717, 1.165) is 0 Å². The van der Waals surface area contributed by atoms with E-state index in [2.05, 4.69) is 10.3 Å². The molecule has 0 aliphatic heterocycles. The molecule has 0 aromatic carbocycles. The van der Waals surface area contributed by atoms with Crippen molar-refractivity contribution in [2.24, 2.45) is 5.92 Å². The predicted molar refractivity (Wildman–Crippen MR) is 73.5 cm³/mol. The number of amides is 1. The number of aromatic nitrogens is 1. The van der Waals surface area contributed by atoms with Crippen LogP contribution in [0.15, 0.2) is 18.3 Å². The molecule has 1 aromatic heterocycles. The monoisotopic (exact) mass is 302 g/mol. The number of nitrogens with zero attached hydrogens (tertiary/aromatic N) is 1. The lowest BCUT2D eigenvalue weighted by atomic mass is 10.0. The first-order valence-corrected chi connectivity index (χ1v) is 6.72. The van der Waals surface area contributed by atoms with Crippen LogP contribution >= 0.6 is 0 Å². The summed E-state index contributed by atoms with van der Waals surface area (Å²) in [6.07, 6.45) is -1.12. The Labute approximate surface area is 122 Å². The molecule has 1 amide bonds. The van der Waals surface area contributed by atoms with Gasteiger partial charge < -0.3 is 15.2 Å². The van der Waals surface area contributed by atoms with Gasteiger partial charge in [-0.1, -0.05) is 6.92 Å². The summed E-state index contributed by atoms with van der Waals surface area (Å²) in [5, 5.41) is 11.9. The van der Waals surface area contributed by atoms with Gasteiger partial charge in [-0.25, -0.2) is 13.8 Å². The molecule has 0 spiro atoms. The zero-order valence-corrected chi connectivity index (χ0v) is 12.1. The molecule has 1 aromatic rings. The molecule has 5 nitrogen and oxygen atoms in total. The Balaban J connectivity index is 2.61. The second-order valence-electron chi connectivity index (χ2n) is 4.95. The number of carbonyl (C=O) groups is 1. The molecule has 0 saturated heterocycles. The Kier molecular flexibility index (Phi) is 7.01. The fourth-order valence-corrected chi connectivity index (χ4v) is 1.85. The van der Waals surface area contributed by atoms with E-state index in [1.165, 1.54) is 18.3 Å². The van der Waals surface area contributed by atoms with Crippen LogP contribution in [0.4, 0.5) is 8.78 Å². The van der Waals surface area contributed by atoms with Crippen molar-refractivity contribution in [1.29, 1.82) is 0 Å². The van der Waals surface area contributed by atoms with Gasteiger partial charge in [-0.2, -0.15) is 0 Å². The number of ether oxygens (including phenoxy) is 1. The Morgan fingerprint density at radius 2 is 2.19 bits per heavy atom. The molecule has 1 heterocycles. The molecule has 2 atom stereocenters. The van der Waals surface area contributed by atoms with Crippen molar-refractivity contribution >= 4 is 5.91 Å². The number of halogens is 2. The zero-order valence-electron chi connectivity index (χ0n) is 12.1. The van der Waals surface area contributed by atoms with Crippen LogP contribution < -0.4 is 10.1 Å². The summed E-state index contributed by atoms with van der Waals surface area (Å²) < 4.78 is 29.2. The van der Waals surface area contributed by atoms with Crippen molar-refractivity contribution in [3.63, 3.8) is 0 Å². The van der Waals surface area contributed by atoms with Crippen LogP contribution in [0.2, 0.25) is 0 Å². The minimum Gasteiger partial charge on any atom is -0.485 e. The first-order valence-electron chi connectivity index (χ1n) is 6.72. The topological polar surface area (TPSA) is 71.5 Å². The summed E-state index contributed by atoms with van der Waals surface area (Å²) in [7, 11) is 0. The van der Waals surface area contributed by atoms with Gasteiger partial charge in [-0.15, -0.1) is 0 Å². The first-order chi connectivity index (χ1) is 9.90. The molecular weight excluding hydrogens is 282 g/mol. The lowest BCUT2D eigenvalue weighted by molar-refractivity contribution is 0.0789. The second-order valence-corrected chi connectivity index (χ2v) is 4.95. The van der Waals surface area contributed by atoms with E-state index < -0.39 is 25.0 Å². The highest BCUT2D eigenvalue weighted by Crippen LogP contribution is 2.16. The molecule has 0 saturated carbocycles. The molecule has 21 heavy (non-hydrogen) atoms. The Morgan fingerprint density at radius 1 is 1.48 bits per heavy atom. The molecule has 0 bridgehead atoms. The maximum Gasteiger partial charge on any atom is 0.273 e. The van der Waals surface area contributed by atoms with Gasteiger partial charge in [0.2, 0.25) is 0 Å². The number of rotatable bonds is 8. The fraction of sp³-hybridized carbons (Fsp3) is 0.571. The van der Waals surface area contributed by atoms with E-state index in [1.54, 1.807) is 6.92 Å². The van der Waals surface area contributed by atoms with Crippen molar-refractivity contribution in [2.75, 3.05) is 13.2 Å². The highest BCUT2D eigenvalue weighted by Gasteiger charge is 2.16. The second kappa shape index (κ2) is 8.51. The van der Waals surface area contributed by atoms with Gasteiger partial charge in [0.25, 0.3) is 12.3 Å². The molecule has 118 valence electrons. The van der Waals surface area contributed by atoms with Gasteiger partial charge >= 0.3 is 0 Å². The quantitative estimate of drug-likeness (QED) is 0.769. The standard InChI is InChI=1S/C14H20F2N2O3/c1-9(6-10(2)19)7-18-14(20)13-11(4-3-5-17-13)21-8-12(15)16/h3-5,9-10,12,19H,6-8H2,1-2H3,(H,18,20).